The molecule has 0 radical (unpaired) electrons. The first kappa shape index (κ1) is 14.5. The zero-order valence-electron chi connectivity index (χ0n) is 12.3. The Labute approximate surface area is 134 Å². The van der Waals surface area contributed by atoms with Crippen LogP contribution in [0, 0.1) is 0 Å². The topological polar surface area (TPSA) is 37.8 Å². The fourth-order valence-corrected chi connectivity index (χ4v) is 3.27. The summed E-state index contributed by atoms with van der Waals surface area (Å²) < 4.78 is 0.934. The van der Waals surface area contributed by atoms with E-state index >= 15 is 0 Å². The van der Waals surface area contributed by atoms with Gasteiger partial charge in [0.25, 0.3) is 0 Å². The van der Waals surface area contributed by atoms with E-state index < -0.39 is 0 Å². The number of halogens is 1. The maximum Gasteiger partial charge on any atom is 0.144 e. The lowest BCUT2D eigenvalue weighted by molar-refractivity contribution is 0.590. The summed E-state index contributed by atoms with van der Waals surface area (Å²) >= 11 is 3.53. The molecule has 1 aromatic heterocycles. The molecule has 0 amide bonds. The molecule has 21 heavy (non-hydrogen) atoms. The van der Waals surface area contributed by atoms with Crippen LogP contribution >= 0.6 is 15.9 Å². The summed E-state index contributed by atoms with van der Waals surface area (Å²) in [6, 6.07) is 8.70. The monoisotopic (exact) mass is 345 g/mol. The molecule has 3 rings (SSSR count). The van der Waals surface area contributed by atoms with Crippen LogP contribution in [0.15, 0.2) is 34.9 Å². The lowest BCUT2D eigenvalue weighted by Crippen LogP contribution is -2.15. The Hall–Kier alpha value is -1.42. The van der Waals surface area contributed by atoms with Gasteiger partial charge in [-0.25, -0.2) is 9.97 Å². The summed E-state index contributed by atoms with van der Waals surface area (Å²) in [5.41, 5.74) is 2.84. The van der Waals surface area contributed by atoms with Crippen molar-refractivity contribution < 1.29 is 0 Å². The van der Waals surface area contributed by atoms with Gasteiger partial charge in [-0.1, -0.05) is 31.2 Å². The summed E-state index contributed by atoms with van der Waals surface area (Å²) in [6.07, 6.45) is 6.46. The predicted octanol–water partition coefficient (Wildman–Crippen LogP) is 4.53. The molecule has 0 bridgehead atoms. The number of fused-ring (bicyclic) bond motifs is 1. The van der Waals surface area contributed by atoms with Crippen LogP contribution in [-0.4, -0.2) is 16.5 Å². The fourth-order valence-electron chi connectivity index (χ4n) is 2.94. The first-order valence-electron chi connectivity index (χ1n) is 7.63. The van der Waals surface area contributed by atoms with Crippen molar-refractivity contribution in [3.05, 3.63) is 51.9 Å². The summed E-state index contributed by atoms with van der Waals surface area (Å²) in [5, 5.41) is 3.37. The van der Waals surface area contributed by atoms with Gasteiger partial charge in [0.05, 0.1) is 4.47 Å². The number of nitrogens with one attached hydrogen (secondary N) is 1. The maximum absolute atomic E-state index is 4.76. The highest BCUT2D eigenvalue weighted by molar-refractivity contribution is 9.10. The standard InChI is InChI=1S/C17H20BrN3/c1-2-10-19-17-15(18)11-20-16(21-17)14-9-5-7-12-6-3-4-8-13(12)14/h3-4,6,8,11,14H,2,5,7,9-10H2,1H3,(H,19,20,21). The molecule has 1 heterocycles. The maximum atomic E-state index is 4.76. The van der Waals surface area contributed by atoms with E-state index in [9.17, 15) is 0 Å². The van der Waals surface area contributed by atoms with Crippen LogP contribution in [0.4, 0.5) is 5.82 Å². The van der Waals surface area contributed by atoms with Gasteiger partial charge in [0, 0.05) is 18.7 Å². The largest absolute Gasteiger partial charge is 0.369 e. The van der Waals surface area contributed by atoms with Crippen molar-refractivity contribution in [1.82, 2.24) is 9.97 Å². The van der Waals surface area contributed by atoms with Crippen LogP contribution < -0.4 is 5.32 Å². The van der Waals surface area contributed by atoms with Crippen molar-refractivity contribution in [3.8, 4) is 0 Å². The minimum absolute atomic E-state index is 0.324. The molecular formula is C17H20BrN3. The van der Waals surface area contributed by atoms with E-state index in [0.29, 0.717) is 5.92 Å². The smallest absolute Gasteiger partial charge is 0.144 e. The van der Waals surface area contributed by atoms with Crippen molar-refractivity contribution in [2.24, 2.45) is 0 Å². The molecule has 2 aromatic rings. The Bertz CT molecular complexity index is 627. The van der Waals surface area contributed by atoms with Gasteiger partial charge in [-0.05, 0) is 52.7 Å². The van der Waals surface area contributed by atoms with Crippen molar-refractivity contribution in [3.63, 3.8) is 0 Å². The van der Waals surface area contributed by atoms with Crippen LogP contribution in [0.25, 0.3) is 0 Å². The molecule has 1 unspecified atom stereocenters. The number of benzene rings is 1. The van der Waals surface area contributed by atoms with Gasteiger partial charge in [-0.2, -0.15) is 0 Å². The third-order valence-corrected chi connectivity index (χ3v) is 4.57. The quantitative estimate of drug-likeness (QED) is 0.884. The number of aryl methyl sites for hydroxylation is 1. The van der Waals surface area contributed by atoms with Crippen LogP contribution in [0.3, 0.4) is 0 Å². The molecular weight excluding hydrogens is 326 g/mol. The van der Waals surface area contributed by atoms with Gasteiger partial charge in [-0.15, -0.1) is 0 Å². The molecule has 3 nitrogen and oxygen atoms in total. The van der Waals surface area contributed by atoms with Crippen molar-refractivity contribution in [2.45, 2.75) is 38.5 Å². The molecule has 0 spiro atoms. The van der Waals surface area contributed by atoms with E-state index in [0.717, 1.165) is 35.5 Å². The van der Waals surface area contributed by atoms with Gasteiger partial charge in [-0.3, -0.25) is 0 Å². The zero-order chi connectivity index (χ0) is 14.7. The van der Waals surface area contributed by atoms with Crippen LogP contribution in [-0.2, 0) is 6.42 Å². The molecule has 0 saturated carbocycles. The van der Waals surface area contributed by atoms with E-state index in [2.05, 4.69) is 57.4 Å². The minimum Gasteiger partial charge on any atom is -0.369 e. The van der Waals surface area contributed by atoms with Crippen LogP contribution in [0.5, 0.6) is 0 Å². The van der Waals surface area contributed by atoms with Gasteiger partial charge < -0.3 is 5.32 Å². The second-order valence-corrected chi connectivity index (χ2v) is 6.35. The van der Waals surface area contributed by atoms with Crippen molar-refractivity contribution in [1.29, 1.82) is 0 Å². The normalized spacial score (nSPS) is 17.3. The molecule has 0 saturated heterocycles. The van der Waals surface area contributed by atoms with Crippen molar-refractivity contribution in [2.75, 3.05) is 11.9 Å². The highest BCUT2D eigenvalue weighted by Gasteiger charge is 2.24. The summed E-state index contributed by atoms with van der Waals surface area (Å²) in [4.78, 5) is 9.33. The average Bonchev–Trinajstić information content (AvgIpc) is 2.54. The Balaban J connectivity index is 1.94. The lowest BCUT2D eigenvalue weighted by Gasteiger charge is -2.24. The van der Waals surface area contributed by atoms with Gasteiger partial charge in [0.2, 0.25) is 0 Å². The van der Waals surface area contributed by atoms with E-state index in [1.807, 2.05) is 6.20 Å². The zero-order valence-corrected chi connectivity index (χ0v) is 13.9. The Morgan fingerprint density at radius 3 is 3.05 bits per heavy atom. The van der Waals surface area contributed by atoms with Crippen LogP contribution in [0.1, 0.15) is 49.1 Å². The van der Waals surface area contributed by atoms with Crippen LogP contribution in [0.2, 0.25) is 0 Å². The van der Waals surface area contributed by atoms with E-state index in [4.69, 9.17) is 4.98 Å². The number of hydrogen-bond acceptors (Lipinski definition) is 3. The number of nitrogens with zero attached hydrogens (tertiary/aromatic N) is 2. The summed E-state index contributed by atoms with van der Waals surface area (Å²) in [5.74, 6) is 2.17. The van der Waals surface area contributed by atoms with E-state index in [-0.39, 0.29) is 0 Å². The van der Waals surface area contributed by atoms with Gasteiger partial charge in [0.15, 0.2) is 0 Å². The Kier molecular flexibility index (Phi) is 4.54. The number of anilines is 1. The molecule has 0 fully saturated rings. The minimum atomic E-state index is 0.324. The molecule has 1 N–H and O–H groups in total. The van der Waals surface area contributed by atoms with Gasteiger partial charge >= 0.3 is 0 Å². The van der Waals surface area contributed by atoms with E-state index in [1.54, 1.807) is 0 Å². The molecule has 1 aliphatic carbocycles. The molecule has 1 aromatic carbocycles. The third-order valence-electron chi connectivity index (χ3n) is 3.99. The Morgan fingerprint density at radius 1 is 1.33 bits per heavy atom. The molecule has 1 atom stereocenters. The summed E-state index contributed by atoms with van der Waals surface area (Å²) in [7, 11) is 0. The Morgan fingerprint density at radius 2 is 2.19 bits per heavy atom. The van der Waals surface area contributed by atoms with Crippen molar-refractivity contribution >= 4 is 21.7 Å². The molecule has 0 aliphatic heterocycles. The highest BCUT2D eigenvalue weighted by atomic mass is 79.9. The molecule has 1 aliphatic rings. The highest BCUT2D eigenvalue weighted by Crippen LogP contribution is 2.35. The number of hydrogen-bond donors (Lipinski definition) is 1. The average molecular weight is 346 g/mol. The van der Waals surface area contributed by atoms with Gasteiger partial charge in [0.1, 0.15) is 11.6 Å². The predicted molar refractivity (Wildman–Crippen MR) is 89.7 cm³/mol. The fraction of sp³-hybridized carbons (Fsp3) is 0.412. The first-order chi connectivity index (χ1) is 10.3. The SMILES string of the molecule is CCCNc1nc(C2CCCc3ccccc32)ncc1Br. The lowest BCUT2D eigenvalue weighted by atomic mass is 9.82. The summed E-state index contributed by atoms with van der Waals surface area (Å²) in [6.45, 7) is 3.08. The molecule has 110 valence electrons. The second kappa shape index (κ2) is 6.56. The number of aromatic nitrogens is 2. The second-order valence-electron chi connectivity index (χ2n) is 5.50. The van der Waals surface area contributed by atoms with E-state index in [1.165, 1.54) is 24.0 Å². The first-order valence-corrected chi connectivity index (χ1v) is 8.43. The number of rotatable bonds is 4. The third kappa shape index (κ3) is 3.10. The molecule has 4 heteroatoms.